The number of nitrogens with zero attached hydrogens (tertiary/aromatic N) is 10. The number of aliphatic hydroxyl groups excluding tert-OH is 7. The zero-order chi connectivity index (χ0) is 84.2. The van der Waals surface area contributed by atoms with E-state index in [2.05, 4.69) is 183 Å². The van der Waals surface area contributed by atoms with Gasteiger partial charge in [0.2, 0.25) is 11.8 Å². The van der Waals surface area contributed by atoms with E-state index < -0.39 is 114 Å². The number of rotatable bonds is 21. The van der Waals surface area contributed by atoms with E-state index in [4.69, 9.17) is 45.6 Å². The lowest BCUT2D eigenvalue weighted by Crippen LogP contribution is -2.43. The highest BCUT2D eigenvalue weighted by molar-refractivity contribution is 9.09. The van der Waals surface area contributed by atoms with Crippen molar-refractivity contribution in [2.24, 2.45) is 48.1 Å². The van der Waals surface area contributed by atoms with Crippen LogP contribution in [-0.4, -0.2) is 353 Å². The molecule has 10 aliphatic rings. The Morgan fingerprint density at radius 3 is 0.991 bits per heavy atom. The van der Waals surface area contributed by atoms with Crippen LogP contribution in [0.25, 0.3) is 0 Å². The van der Waals surface area contributed by atoms with Gasteiger partial charge in [0.05, 0.1) is 47.6 Å². The number of ether oxygens (including phenoxy) is 6. The molecule has 20 atom stereocenters. The molecule has 10 rings (SSSR count). The second-order valence-corrected chi connectivity index (χ2v) is 55.3. The Morgan fingerprint density at radius 2 is 0.679 bits per heavy atom. The van der Waals surface area contributed by atoms with Gasteiger partial charge in [-0.05, 0) is 160 Å². The molecule has 15 N–H and O–H groups in total. The third-order valence-electron chi connectivity index (χ3n) is 19.1. The van der Waals surface area contributed by atoms with Gasteiger partial charge < -0.3 is 117 Å². The summed E-state index contributed by atoms with van der Waals surface area (Å²) in [4.78, 5) is 51.3. The van der Waals surface area contributed by atoms with Crippen LogP contribution in [-0.2, 0) is 38.0 Å². The Labute approximate surface area is 672 Å². The molecule has 0 aromatic heterocycles. The van der Waals surface area contributed by atoms with Crippen LogP contribution in [0.2, 0.25) is 0 Å². The molecule has 0 saturated carbocycles. The fourth-order valence-corrected chi connectivity index (χ4v) is 18.4. The fraction of sp³-hybridized carbons (Fsp3) is 0.579. The SMILES string of the molecule is C=C1N=C(N)C=CN1[C@@H]1O[C@H](CCP(=C)(C)C)[C@@H](O)[C@H]1Br.C=C1N=C(N)C=CN1[C@@H]1O[C@H](CCP(=C)(C)C)[C@@H](O)[C@H]1C.C=C1N=C(N)C=CN1[C@@H]1O[C@H](CCP(=C)(C)C)[C@@H](O)[C@H]1O.C=C1N=C(NC(C)=O)C=CN1[C@@H]1O[C@H](CCP(=C)(C)C)[C@@H](O)[C@H]1O.C=C1N=C(NC(C)=O)C=CN1[C@@H]1O[C@H](CCP(=C)(C)C)[C@@H](O)[C@H]1OC. The Kier molecular flexibility index (Phi) is 34.6. The molecule has 0 spiro atoms. The number of amides is 2. The van der Waals surface area contributed by atoms with Crippen LogP contribution in [0.1, 0.15) is 52.9 Å². The van der Waals surface area contributed by atoms with Crippen LogP contribution in [0.3, 0.4) is 0 Å². The molecule has 0 aromatic carbocycles. The topological polar surface area (TPSA) is 411 Å². The quantitative estimate of drug-likeness (QED) is 0.0550. The minimum absolute atomic E-state index is 0.0165. The summed E-state index contributed by atoms with van der Waals surface area (Å²) in [6.45, 7) is 39.8. The van der Waals surface area contributed by atoms with Gasteiger partial charge in [-0.2, -0.15) is 0 Å². The van der Waals surface area contributed by atoms with Gasteiger partial charge in [0.15, 0.2) is 24.9 Å². The van der Waals surface area contributed by atoms with Gasteiger partial charge in [-0.25, -0.2) is 25.0 Å². The number of hydrogen-bond acceptors (Lipinski definition) is 28. The molecule has 36 heteroatoms. The predicted octanol–water partition coefficient (Wildman–Crippen LogP) is 4.64. The first kappa shape index (κ1) is 95.4. The Bertz CT molecular complexity index is 3780. The average molecular weight is 1730 g/mol. The van der Waals surface area contributed by atoms with Crippen LogP contribution >= 0.6 is 50.4 Å². The Hall–Kier alpha value is -5.45. The van der Waals surface area contributed by atoms with E-state index in [1.807, 2.05) is 18.0 Å². The van der Waals surface area contributed by atoms with Crippen molar-refractivity contribution in [3.63, 3.8) is 0 Å². The van der Waals surface area contributed by atoms with Crippen LogP contribution in [0.15, 0.2) is 148 Å². The molecule has 5 saturated heterocycles. The van der Waals surface area contributed by atoms with Gasteiger partial charge in [0.1, 0.15) is 101 Å². The van der Waals surface area contributed by atoms with Crippen LogP contribution in [0.5, 0.6) is 0 Å². The molecule has 0 bridgehead atoms. The Morgan fingerprint density at radius 1 is 0.420 bits per heavy atom. The van der Waals surface area contributed by atoms with Gasteiger partial charge in [-0.15, -0.1) is 65.9 Å². The van der Waals surface area contributed by atoms with Crippen molar-refractivity contribution in [1.29, 1.82) is 0 Å². The molecule has 112 heavy (non-hydrogen) atoms. The van der Waals surface area contributed by atoms with Crippen molar-refractivity contribution < 1.29 is 73.8 Å². The normalized spacial score (nSPS) is 32.0. The molecule has 0 unspecified atom stereocenters. The molecule has 628 valence electrons. The zero-order valence-electron chi connectivity index (χ0n) is 67.7. The number of carbonyl (C=O) groups excluding carboxylic acids is 2. The minimum atomic E-state index is -1.23. The van der Waals surface area contributed by atoms with Crippen molar-refractivity contribution in [1.82, 2.24) is 35.1 Å². The summed E-state index contributed by atoms with van der Waals surface area (Å²) in [6, 6.07) is 0. The summed E-state index contributed by atoms with van der Waals surface area (Å²) in [5, 5.41) is 77.5. The van der Waals surface area contributed by atoms with Gasteiger partial charge in [-0.1, -0.05) is 55.7 Å². The predicted molar refractivity (Wildman–Crippen MR) is 473 cm³/mol. The maximum absolute atomic E-state index is 11.1. The van der Waals surface area contributed by atoms with Crippen molar-refractivity contribution in [2.75, 3.05) is 105 Å². The van der Waals surface area contributed by atoms with Crippen molar-refractivity contribution in [2.45, 2.75) is 168 Å². The lowest BCUT2D eigenvalue weighted by molar-refractivity contribution is -0.118. The third kappa shape index (κ3) is 28.2. The van der Waals surface area contributed by atoms with Crippen molar-refractivity contribution in [3.05, 3.63) is 123 Å². The largest absolute Gasteiger partial charge is 0.390 e. The van der Waals surface area contributed by atoms with E-state index in [-0.39, 0.29) is 53.3 Å². The lowest BCUT2D eigenvalue weighted by atomic mass is 10.00. The highest BCUT2D eigenvalue weighted by Crippen LogP contribution is 2.45. The second-order valence-electron chi connectivity index (χ2n) is 32.7. The van der Waals surface area contributed by atoms with E-state index >= 15 is 0 Å². The number of nitrogens with two attached hydrogens (primary N) is 3. The average Bonchev–Trinajstić information content (AvgIpc) is 1.67. The molecule has 5 fully saturated rings. The smallest absolute Gasteiger partial charge is 0.222 e. The summed E-state index contributed by atoms with van der Waals surface area (Å²) >= 11 is 3.53. The minimum Gasteiger partial charge on any atom is -0.390 e. The number of amidine groups is 5. The van der Waals surface area contributed by atoms with E-state index in [0.717, 1.165) is 50.1 Å². The molecule has 0 aromatic rings. The van der Waals surface area contributed by atoms with Crippen molar-refractivity contribution >= 4 is 123 Å². The number of hydrogen-bond donors (Lipinski definition) is 12. The molecule has 0 radical (unpaired) electrons. The summed E-state index contributed by atoms with van der Waals surface area (Å²) in [7, 11) is 1.55. The lowest BCUT2D eigenvalue weighted by Gasteiger charge is -2.32. The van der Waals surface area contributed by atoms with Crippen LogP contribution < -0.4 is 27.8 Å². The third-order valence-corrected chi connectivity index (χ3v) is 27.4. The maximum atomic E-state index is 11.1. The monoisotopic (exact) mass is 1720 g/mol. The number of carbonyl (C=O) groups is 2. The zero-order valence-corrected chi connectivity index (χ0v) is 73.7. The van der Waals surface area contributed by atoms with Gasteiger partial charge >= 0.3 is 0 Å². The molecule has 10 aliphatic heterocycles. The number of alkyl halides is 1. The summed E-state index contributed by atoms with van der Waals surface area (Å²) < 4.78 is 35.3. The number of aliphatic imine (C=N–C) groups is 5. The highest BCUT2D eigenvalue weighted by atomic mass is 79.9. The van der Waals surface area contributed by atoms with Gasteiger partial charge in [-0.3, -0.25) is 9.59 Å². The summed E-state index contributed by atoms with van der Waals surface area (Å²) in [6.07, 6.45) is 35.8. The van der Waals surface area contributed by atoms with Crippen LogP contribution in [0, 0.1) is 5.92 Å². The molecule has 30 nitrogen and oxygen atoms in total. The molecule has 0 aliphatic carbocycles. The first-order valence-electron chi connectivity index (χ1n) is 36.9. The van der Waals surface area contributed by atoms with Gasteiger partial charge in [0, 0.05) is 57.9 Å². The molecular weight excluding hydrogens is 1600 g/mol. The molecule has 2 amide bonds. The first-order chi connectivity index (χ1) is 51.8. The maximum Gasteiger partial charge on any atom is 0.222 e. The second kappa shape index (κ2) is 40.6. The number of halogens is 1. The van der Waals surface area contributed by atoms with E-state index in [1.165, 1.54) is 13.8 Å². The number of nitrogens with one attached hydrogen (secondary N) is 2. The standard InChI is InChI=1S/C17H28N3O4P.C16H26N3O4P.C15H26N3O2P.C14H23BrN3O2P.C14H24N3O3P/c1-11-18-14(19-12(2)21)7-9-20(11)17-16(23-3)15(22)13(24-17)8-10-25(4,5)6;1-10-17-13(18-11(2)20)6-8-19(10)16-15(22)14(21)12(23-16)7-9-24(3,4)5;1-10-14(19)12(7-9-21(3,4)5)20-15(10)18-8-6-13(16)17-11(18)2;1-9-17-11(16)5-7-18(9)14-12(15)13(19)10(20-14)6-8-21(2,3)4;1-9-16-11(15)5-7-17(9)14-13(19)12(18)10(20-14)6-8-21(2,3)4/h7,9,13,15-17,22H,1,4,8,10H2,2-3,5-6H3,(H,18,19,21);6,8,12,14-16,21-22H,1,3,7,9H2,2,4-5H3,(H,17,18,20);6,8,10,12,14-15,19H,2-3,7,9H2,1,4-5H3,(H2,16,17);5,7,10,12-14,19H,1-2,6,8H2,3-4H3,(H2,16,17);5,7,10,12-14,18-19H,1-2,6,8H2,3-4H3,(H2,15,16)/t13-,15-,16-,17-;12-,14-,15-,16-;10-,12-,14+,15-;2*10-,12-,13-,14-/m11111/s1. The van der Waals surface area contributed by atoms with E-state index in [1.54, 1.807) is 81.9 Å². The number of aliphatic hydroxyl groups is 7. The fourth-order valence-electron chi connectivity index (χ4n) is 12.9. The molecule has 10 heterocycles. The van der Waals surface area contributed by atoms with Crippen LogP contribution in [0.4, 0.5) is 0 Å². The molecular formula is C76H127BrN15O15P5. The Balaban J connectivity index is 0.000000219. The summed E-state index contributed by atoms with van der Waals surface area (Å²) in [5.74, 6) is 3.73. The van der Waals surface area contributed by atoms with Crippen molar-refractivity contribution in [3.8, 4) is 0 Å². The summed E-state index contributed by atoms with van der Waals surface area (Å²) in [5.41, 5.74) is 16.9. The van der Waals surface area contributed by atoms with E-state index in [0.29, 0.717) is 71.1 Å². The van der Waals surface area contributed by atoms with E-state index in [9.17, 15) is 45.3 Å². The number of methoxy groups -OCH3 is 1. The highest BCUT2D eigenvalue weighted by Gasteiger charge is 2.51. The first-order valence-corrected chi connectivity index (χ1v) is 53.1. The van der Waals surface area contributed by atoms with Gasteiger partial charge in [0.25, 0.3) is 0 Å².